The van der Waals surface area contributed by atoms with E-state index < -0.39 is 23.3 Å². The van der Waals surface area contributed by atoms with Crippen LogP contribution in [0.3, 0.4) is 0 Å². The molecule has 7 heteroatoms. The van der Waals surface area contributed by atoms with Gasteiger partial charge in [0.15, 0.2) is 0 Å². The number of halogens is 3. The van der Waals surface area contributed by atoms with E-state index >= 15 is 0 Å². The van der Waals surface area contributed by atoms with Crippen LogP contribution in [0.2, 0.25) is 0 Å². The van der Waals surface area contributed by atoms with Gasteiger partial charge in [0.1, 0.15) is 6.10 Å². The summed E-state index contributed by atoms with van der Waals surface area (Å²) in [6.07, 6.45) is -4.24. The molecule has 0 bridgehead atoms. The van der Waals surface area contributed by atoms with Crippen molar-refractivity contribution >= 4 is 5.91 Å². The molecule has 138 valence electrons. The lowest BCUT2D eigenvalue weighted by atomic mass is 10.00. The van der Waals surface area contributed by atoms with Crippen molar-refractivity contribution in [1.29, 1.82) is 0 Å². The number of benzene rings is 1. The van der Waals surface area contributed by atoms with Crippen molar-refractivity contribution < 1.29 is 27.4 Å². The standard InChI is InChI=1S/C18H22F3NO3/c1-17(2)15(24-7-8-25-17)10-22-16(23)13-9-12(13)11-5-3-4-6-14(11)18(19,20)21/h3-6,12-13,15H,7-10H2,1-2H3,(H,22,23)/t12-,13+,15?/m0/s1. The van der Waals surface area contributed by atoms with Crippen molar-refractivity contribution in [1.82, 2.24) is 5.32 Å². The molecule has 3 rings (SSSR count). The molecule has 1 aromatic rings. The molecule has 0 radical (unpaired) electrons. The number of carbonyl (C=O) groups excluding carboxylic acids is 1. The minimum absolute atomic E-state index is 0.202. The normalized spacial score (nSPS) is 28.4. The summed E-state index contributed by atoms with van der Waals surface area (Å²) >= 11 is 0. The molecule has 0 aromatic heterocycles. The molecular formula is C18H22F3NO3. The van der Waals surface area contributed by atoms with E-state index in [2.05, 4.69) is 5.32 Å². The van der Waals surface area contributed by atoms with E-state index in [1.807, 2.05) is 13.8 Å². The topological polar surface area (TPSA) is 47.6 Å². The van der Waals surface area contributed by atoms with E-state index in [1.54, 1.807) is 6.07 Å². The molecule has 1 amide bonds. The van der Waals surface area contributed by atoms with E-state index in [-0.39, 0.29) is 30.0 Å². The lowest BCUT2D eigenvalue weighted by Gasteiger charge is -2.38. The summed E-state index contributed by atoms with van der Waals surface area (Å²) in [4.78, 5) is 12.3. The zero-order chi connectivity index (χ0) is 18.2. The highest BCUT2D eigenvalue weighted by atomic mass is 19.4. The molecule has 1 aliphatic heterocycles. The van der Waals surface area contributed by atoms with E-state index in [0.717, 1.165) is 6.07 Å². The number of alkyl halides is 3. The average Bonchev–Trinajstić information content (AvgIpc) is 3.33. The summed E-state index contributed by atoms with van der Waals surface area (Å²) in [5.74, 6) is -1.03. The maximum absolute atomic E-state index is 13.1. The molecule has 3 atom stereocenters. The zero-order valence-corrected chi connectivity index (χ0v) is 14.2. The molecule has 0 spiro atoms. The molecule has 25 heavy (non-hydrogen) atoms. The van der Waals surface area contributed by atoms with Crippen molar-refractivity contribution in [3.05, 3.63) is 35.4 Å². The first-order valence-electron chi connectivity index (χ1n) is 8.39. The van der Waals surface area contributed by atoms with E-state index in [9.17, 15) is 18.0 Å². The Morgan fingerprint density at radius 2 is 2.00 bits per heavy atom. The number of ether oxygens (including phenoxy) is 2. The fraction of sp³-hybridized carbons (Fsp3) is 0.611. The first-order chi connectivity index (χ1) is 11.7. The van der Waals surface area contributed by atoms with Gasteiger partial charge < -0.3 is 14.8 Å². The Hall–Kier alpha value is -1.60. The molecular weight excluding hydrogens is 335 g/mol. The number of hydrogen-bond acceptors (Lipinski definition) is 3. The first kappa shape index (κ1) is 18.2. The molecule has 1 heterocycles. The third-order valence-electron chi connectivity index (χ3n) is 4.91. The van der Waals surface area contributed by atoms with Crippen LogP contribution < -0.4 is 5.32 Å². The van der Waals surface area contributed by atoms with Gasteiger partial charge in [0.2, 0.25) is 5.91 Å². The highest BCUT2D eigenvalue weighted by Gasteiger charge is 2.48. The SMILES string of the molecule is CC1(C)OCCOC1CNC(=O)[C@@H]1C[C@H]1c1ccccc1C(F)(F)F. The van der Waals surface area contributed by atoms with Gasteiger partial charge in [-0.3, -0.25) is 4.79 Å². The van der Waals surface area contributed by atoms with Crippen molar-refractivity contribution in [2.24, 2.45) is 5.92 Å². The predicted octanol–water partition coefficient (Wildman–Crippen LogP) is 3.12. The number of rotatable bonds is 4. The third-order valence-corrected chi connectivity index (χ3v) is 4.91. The molecule has 2 aliphatic rings. The first-order valence-corrected chi connectivity index (χ1v) is 8.39. The van der Waals surface area contributed by atoms with Gasteiger partial charge in [-0.25, -0.2) is 0 Å². The van der Waals surface area contributed by atoms with Gasteiger partial charge in [-0.05, 0) is 37.8 Å². The van der Waals surface area contributed by atoms with Gasteiger partial charge in [0, 0.05) is 12.5 Å². The van der Waals surface area contributed by atoms with Gasteiger partial charge in [0.05, 0.1) is 24.4 Å². The van der Waals surface area contributed by atoms with Crippen molar-refractivity contribution in [2.75, 3.05) is 19.8 Å². The number of hydrogen-bond donors (Lipinski definition) is 1. The Kier molecular flexibility index (Phi) is 4.81. The van der Waals surface area contributed by atoms with Crippen LogP contribution in [0.1, 0.15) is 37.3 Å². The van der Waals surface area contributed by atoms with E-state index in [1.165, 1.54) is 12.1 Å². The van der Waals surface area contributed by atoms with E-state index in [0.29, 0.717) is 19.6 Å². The molecule has 1 N–H and O–H groups in total. The second kappa shape index (κ2) is 6.61. The fourth-order valence-electron chi connectivity index (χ4n) is 3.32. The molecule has 1 saturated heterocycles. The summed E-state index contributed by atoms with van der Waals surface area (Å²) in [6.45, 7) is 5.05. The Morgan fingerprint density at radius 1 is 1.28 bits per heavy atom. The minimum atomic E-state index is -4.41. The van der Waals surface area contributed by atoms with E-state index in [4.69, 9.17) is 9.47 Å². The quantitative estimate of drug-likeness (QED) is 0.901. The largest absolute Gasteiger partial charge is 0.416 e. The Morgan fingerprint density at radius 3 is 2.68 bits per heavy atom. The van der Waals surface area contributed by atoms with Crippen LogP contribution in [0.4, 0.5) is 13.2 Å². The highest BCUT2D eigenvalue weighted by Crippen LogP contribution is 2.51. The summed E-state index contributed by atoms with van der Waals surface area (Å²) in [5, 5.41) is 2.80. The smallest absolute Gasteiger partial charge is 0.371 e. The molecule has 4 nitrogen and oxygen atoms in total. The van der Waals surface area contributed by atoms with Crippen LogP contribution in [0, 0.1) is 5.92 Å². The maximum atomic E-state index is 13.1. The maximum Gasteiger partial charge on any atom is 0.416 e. The lowest BCUT2D eigenvalue weighted by Crippen LogP contribution is -2.52. The molecule has 1 saturated carbocycles. The van der Waals surface area contributed by atoms with Gasteiger partial charge in [0.25, 0.3) is 0 Å². The summed E-state index contributed by atoms with van der Waals surface area (Å²) in [7, 11) is 0. The van der Waals surface area contributed by atoms with Crippen molar-refractivity contribution in [3.63, 3.8) is 0 Å². The zero-order valence-electron chi connectivity index (χ0n) is 14.2. The van der Waals surface area contributed by atoms with Crippen LogP contribution in [0.5, 0.6) is 0 Å². The molecule has 1 aliphatic carbocycles. The van der Waals surface area contributed by atoms with Gasteiger partial charge in [-0.2, -0.15) is 13.2 Å². The van der Waals surface area contributed by atoms with Crippen molar-refractivity contribution in [2.45, 2.75) is 44.1 Å². The summed E-state index contributed by atoms with van der Waals surface area (Å²) in [6, 6.07) is 5.47. The fourth-order valence-corrected chi connectivity index (χ4v) is 3.32. The highest BCUT2D eigenvalue weighted by molar-refractivity contribution is 5.83. The summed E-state index contributed by atoms with van der Waals surface area (Å²) in [5.41, 5.74) is -0.953. The molecule has 2 fully saturated rings. The Labute approximate surface area is 144 Å². The Balaban J connectivity index is 1.60. The van der Waals surface area contributed by atoms with Crippen LogP contribution in [-0.4, -0.2) is 37.4 Å². The summed E-state index contributed by atoms with van der Waals surface area (Å²) < 4.78 is 50.6. The van der Waals surface area contributed by atoms with Crippen LogP contribution in [-0.2, 0) is 20.4 Å². The molecule has 1 aromatic carbocycles. The molecule has 1 unspecified atom stereocenters. The van der Waals surface area contributed by atoms with Gasteiger partial charge in [-0.1, -0.05) is 18.2 Å². The van der Waals surface area contributed by atoms with Crippen LogP contribution in [0.25, 0.3) is 0 Å². The second-order valence-corrected chi connectivity index (χ2v) is 7.09. The number of nitrogens with one attached hydrogen (secondary N) is 1. The predicted molar refractivity (Wildman–Crippen MR) is 85.1 cm³/mol. The third kappa shape index (κ3) is 3.98. The van der Waals surface area contributed by atoms with Crippen LogP contribution in [0.15, 0.2) is 24.3 Å². The van der Waals surface area contributed by atoms with Crippen LogP contribution >= 0.6 is 0 Å². The lowest BCUT2D eigenvalue weighted by molar-refractivity contribution is -0.184. The Bertz CT molecular complexity index is 645. The second-order valence-electron chi connectivity index (χ2n) is 7.09. The van der Waals surface area contributed by atoms with Crippen molar-refractivity contribution in [3.8, 4) is 0 Å². The minimum Gasteiger partial charge on any atom is -0.371 e. The van der Waals surface area contributed by atoms with Gasteiger partial charge >= 0.3 is 6.18 Å². The van der Waals surface area contributed by atoms with Gasteiger partial charge in [-0.15, -0.1) is 0 Å². The number of carbonyl (C=O) groups is 1. The number of amides is 1. The average molecular weight is 357 g/mol. The monoisotopic (exact) mass is 357 g/mol.